The molecule has 562 valence electrons. The Kier molecular flexibility index (Phi) is 17.5. The SMILES string of the molecule is CC(C)(C)c1ccc(-c2ccccc2N(c2ccccc2)c2cc3c4c(c2)N(c2ccccc2-c2ccccc2)c2cc5c(cc2B4c2ccccc2N3c2ccccc2-c2ccc(C(C)(C)C)cc2)B2c3ccccc3N(c3ccccc3)c3cc(N(c4ccccc4)c4ccccc4)cc(c32)N5c2ccccc2-c2ccccc2)cc1. The minimum absolute atomic E-state index is 0.0281. The topological polar surface area (TPSA) is 19.4 Å². The molecule has 0 saturated heterocycles. The van der Waals surface area contributed by atoms with E-state index in [1.165, 1.54) is 43.9 Å². The predicted octanol–water partition coefficient (Wildman–Crippen LogP) is 26.1. The third-order valence-corrected chi connectivity index (χ3v) is 24.5. The van der Waals surface area contributed by atoms with Gasteiger partial charge < -0.3 is 29.4 Å². The number of benzene rings is 17. The van der Waals surface area contributed by atoms with Crippen molar-refractivity contribution < 1.29 is 0 Å². The number of nitrogens with zero attached hydrogens (tertiary/aromatic N) is 6. The summed E-state index contributed by atoms with van der Waals surface area (Å²) < 4.78 is 0. The minimum Gasteiger partial charge on any atom is -0.311 e. The molecule has 17 aromatic carbocycles. The number of rotatable bonds is 14. The van der Waals surface area contributed by atoms with Crippen LogP contribution >= 0.6 is 0 Å². The molecule has 17 aromatic rings. The van der Waals surface area contributed by atoms with Gasteiger partial charge in [-0.25, -0.2) is 0 Å². The second-order valence-corrected chi connectivity index (χ2v) is 33.6. The Morgan fingerprint density at radius 1 is 0.203 bits per heavy atom. The van der Waals surface area contributed by atoms with Crippen LogP contribution < -0.4 is 62.2 Å². The standard InChI is InChI=1S/C110H86B2N6/c1-109(2,3)79-65-61-77(62-66-79)89-51-25-31-55-95(89)114(83-45-21-11-22-46-83)86-71-104-108-106(72-86)118(98-58-34-27-50-88(98)76-39-15-8-16-40-76)102-74-101-93(73-94(102)112(108)92-54-30-36-60-100(92)116(104)96-56-32-28-52-90(96)78-63-67-80(68-64-78)110(4,5)6)111-91-53-29-35-59-99(91)115(84-47-23-12-24-48-84)103-69-85(113(81-41-17-9-18-42-81)82-43-19-10-20-44-82)70-105(107(103)111)117(101)97-57-33-26-49-87(97)75-37-13-7-14-38-75/h7-74H,1-6H3. The molecule has 0 unspecified atom stereocenters. The molecule has 118 heavy (non-hydrogen) atoms. The van der Waals surface area contributed by atoms with Crippen LogP contribution in [-0.2, 0) is 10.8 Å². The highest BCUT2D eigenvalue weighted by atomic mass is 15.2. The minimum atomic E-state index is -0.304. The molecule has 4 aliphatic rings. The Hall–Kier alpha value is -14.3. The van der Waals surface area contributed by atoms with E-state index in [9.17, 15) is 0 Å². The molecular formula is C110H86B2N6. The normalized spacial score (nSPS) is 12.9. The van der Waals surface area contributed by atoms with Gasteiger partial charge in [0.1, 0.15) is 0 Å². The van der Waals surface area contributed by atoms with E-state index in [0.29, 0.717) is 0 Å². The van der Waals surface area contributed by atoms with Gasteiger partial charge in [0.2, 0.25) is 0 Å². The van der Waals surface area contributed by atoms with E-state index >= 15 is 0 Å². The van der Waals surface area contributed by atoms with Crippen molar-refractivity contribution in [1.82, 2.24) is 0 Å². The molecule has 8 heteroatoms. The summed E-state index contributed by atoms with van der Waals surface area (Å²) in [5.41, 5.74) is 38.2. The molecule has 0 spiro atoms. The van der Waals surface area contributed by atoms with Gasteiger partial charge in [-0.3, -0.25) is 0 Å². The van der Waals surface area contributed by atoms with Crippen LogP contribution in [0.4, 0.5) is 102 Å². The summed E-state index contributed by atoms with van der Waals surface area (Å²) in [7, 11) is 0. The van der Waals surface area contributed by atoms with E-state index in [4.69, 9.17) is 0 Å². The molecule has 0 atom stereocenters. The highest BCUT2D eigenvalue weighted by molar-refractivity contribution is 7.03. The van der Waals surface area contributed by atoms with Crippen molar-refractivity contribution in [2.45, 2.75) is 52.4 Å². The zero-order valence-electron chi connectivity index (χ0n) is 67.1. The quantitative estimate of drug-likeness (QED) is 0.100. The molecule has 0 amide bonds. The first-order valence-corrected chi connectivity index (χ1v) is 41.3. The van der Waals surface area contributed by atoms with Crippen molar-refractivity contribution in [1.29, 1.82) is 0 Å². The Bertz CT molecular complexity index is 6630. The van der Waals surface area contributed by atoms with Gasteiger partial charge in [0, 0.05) is 90.5 Å². The van der Waals surface area contributed by atoms with Crippen molar-refractivity contribution >= 4 is 149 Å². The molecule has 4 aliphatic heterocycles. The zero-order valence-corrected chi connectivity index (χ0v) is 67.1. The number of para-hydroxylation sites is 10. The molecule has 6 nitrogen and oxygen atoms in total. The van der Waals surface area contributed by atoms with Gasteiger partial charge in [0.05, 0.1) is 34.1 Å². The van der Waals surface area contributed by atoms with E-state index in [1.807, 2.05) is 0 Å². The largest absolute Gasteiger partial charge is 0.311 e. The molecule has 0 saturated carbocycles. The van der Waals surface area contributed by atoms with Gasteiger partial charge >= 0.3 is 0 Å². The first-order chi connectivity index (χ1) is 57.9. The van der Waals surface area contributed by atoms with Crippen molar-refractivity contribution in [3.63, 3.8) is 0 Å². The molecule has 0 radical (unpaired) electrons. The Morgan fingerprint density at radius 3 is 0.915 bits per heavy atom. The molecule has 0 bridgehead atoms. The van der Waals surface area contributed by atoms with E-state index in [2.05, 4.69) is 483 Å². The summed E-state index contributed by atoms with van der Waals surface area (Å²) in [6, 6.07) is 155. The third-order valence-electron chi connectivity index (χ3n) is 24.5. The first kappa shape index (κ1) is 71.5. The second-order valence-electron chi connectivity index (χ2n) is 33.6. The highest BCUT2D eigenvalue weighted by Crippen LogP contribution is 2.56. The molecule has 21 rings (SSSR count). The van der Waals surface area contributed by atoms with Crippen LogP contribution in [0.1, 0.15) is 52.7 Å². The highest BCUT2D eigenvalue weighted by Gasteiger charge is 2.50. The van der Waals surface area contributed by atoms with Crippen LogP contribution in [-0.4, -0.2) is 13.4 Å². The molecule has 0 N–H and O–H groups in total. The van der Waals surface area contributed by atoms with Crippen molar-refractivity contribution in [2.24, 2.45) is 0 Å². The fourth-order valence-electron chi connectivity index (χ4n) is 19.0. The lowest BCUT2D eigenvalue weighted by Crippen LogP contribution is -2.65. The fourth-order valence-corrected chi connectivity index (χ4v) is 19.0. The molecule has 0 aliphatic carbocycles. The van der Waals surface area contributed by atoms with Crippen LogP contribution in [0, 0.1) is 0 Å². The number of hydrogen-bond donors (Lipinski definition) is 0. The van der Waals surface area contributed by atoms with E-state index in [1.54, 1.807) is 0 Å². The van der Waals surface area contributed by atoms with Crippen LogP contribution in [0.25, 0.3) is 44.5 Å². The molecule has 4 heterocycles. The average molecular weight is 1510 g/mol. The van der Waals surface area contributed by atoms with Crippen molar-refractivity contribution in [3.05, 3.63) is 424 Å². The van der Waals surface area contributed by atoms with Gasteiger partial charge in [-0.15, -0.1) is 0 Å². The van der Waals surface area contributed by atoms with Gasteiger partial charge in [0.15, 0.2) is 0 Å². The molecule has 0 aromatic heterocycles. The van der Waals surface area contributed by atoms with Gasteiger partial charge in [-0.2, -0.15) is 0 Å². The molecule has 0 fully saturated rings. The van der Waals surface area contributed by atoms with Crippen LogP contribution in [0.5, 0.6) is 0 Å². The van der Waals surface area contributed by atoms with Gasteiger partial charge in [-0.05, 0) is 192 Å². The monoisotopic (exact) mass is 1510 g/mol. The fraction of sp³-hybridized carbons (Fsp3) is 0.0727. The summed E-state index contributed by atoms with van der Waals surface area (Å²) >= 11 is 0. The Labute approximate surface area is 693 Å². The number of anilines is 18. The lowest BCUT2D eigenvalue weighted by atomic mass is 9.30. The van der Waals surface area contributed by atoms with E-state index in [0.717, 1.165) is 147 Å². The summed E-state index contributed by atoms with van der Waals surface area (Å²) in [5, 5.41) is 0. The third kappa shape index (κ3) is 12.1. The summed E-state index contributed by atoms with van der Waals surface area (Å²) in [6.45, 7) is 13.2. The zero-order chi connectivity index (χ0) is 79.3. The summed E-state index contributed by atoms with van der Waals surface area (Å²) in [4.78, 5) is 15.5. The first-order valence-electron chi connectivity index (χ1n) is 41.3. The van der Waals surface area contributed by atoms with Crippen LogP contribution in [0.3, 0.4) is 0 Å². The second kappa shape index (κ2) is 28.9. The van der Waals surface area contributed by atoms with E-state index < -0.39 is 0 Å². The lowest BCUT2D eigenvalue weighted by molar-refractivity contribution is 0.590. The average Bonchev–Trinajstić information content (AvgIpc) is 0.679. The lowest BCUT2D eigenvalue weighted by Gasteiger charge is -2.48. The maximum Gasteiger partial charge on any atom is 0.252 e. The molecular weight excluding hydrogens is 1430 g/mol. The van der Waals surface area contributed by atoms with Crippen molar-refractivity contribution in [3.8, 4) is 44.5 Å². The van der Waals surface area contributed by atoms with Gasteiger partial charge in [0.25, 0.3) is 13.4 Å². The number of hydrogen-bond acceptors (Lipinski definition) is 6. The van der Waals surface area contributed by atoms with E-state index in [-0.39, 0.29) is 24.3 Å². The maximum absolute atomic E-state index is 2.68. The van der Waals surface area contributed by atoms with Crippen LogP contribution in [0.2, 0.25) is 0 Å². The number of fused-ring (bicyclic) bond motifs is 8. The Morgan fingerprint density at radius 2 is 0.500 bits per heavy atom. The maximum atomic E-state index is 2.68. The summed E-state index contributed by atoms with van der Waals surface area (Å²) in [6.07, 6.45) is 0. The van der Waals surface area contributed by atoms with Crippen LogP contribution in [0.15, 0.2) is 413 Å². The Balaban J connectivity index is 0.912. The van der Waals surface area contributed by atoms with Crippen molar-refractivity contribution in [2.75, 3.05) is 29.4 Å². The smallest absolute Gasteiger partial charge is 0.252 e. The van der Waals surface area contributed by atoms with Gasteiger partial charge in [-0.1, -0.05) is 339 Å². The summed E-state index contributed by atoms with van der Waals surface area (Å²) in [5.74, 6) is 0. The predicted molar refractivity (Wildman–Crippen MR) is 503 cm³/mol.